The van der Waals surface area contributed by atoms with Gasteiger partial charge in [0.1, 0.15) is 5.75 Å². The van der Waals surface area contributed by atoms with Gasteiger partial charge in [0.25, 0.3) is 0 Å². The van der Waals surface area contributed by atoms with Crippen molar-refractivity contribution in [2.45, 2.75) is 51.4 Å². The first-order chi connectivity index (χ1) is 10.8. The molecule has 1 fully saturated rings. The Kier molecular flexibility index (Phi) is 5.79. The van der Waals surface area contributed by atoms with Crippen LogP contribution in [0.3, 0.4) is 0 Å². The third kappa shape index (κ3) is 4.77. The van der Waals surface area contributed by atoms with Gasteiger partial charge in [-0.05, 0) is 38.3 Å². The molecule has 6 heteroatoms. The number of ether oxygens (including phenoxy) is 1. The van der Waals surface area contributed by atoms with Gasteiger partial charge < -0.3 is 15.0 Å². The maximum Gasteiger partial charge on any atom is 0.416 e. The van der Waals surface area contributed by atoms with Crippen LogP contribution in [0.4, 0.5) is 18.9 Å². The highest BCUT2D eigenvalue weighted by atomic mass is 19.4. The largest absolute Gasteiger partial charge is 0.497 e. The molecule has 1 atom stereocenters. The van der Waals surface area contributed by atoms with Gasteiger partial charge in [-0.1, -0.05) is 6.92 Å². The highest BCUT2D eigenvalue weighted by Gasteiger charge is 2.32. The molecule has 1 unspecified atom stereocenters. The van der Waals surface area contributed by atoms with E-state index in [9.17, 15) is 13.2 Å². The van der Waals surface area contributed by atoms with Crippen molar-refractivity contribution in [2.24, 2.45) is 0 Å². The lowest BCUT2D eigenvalue weighted by Crippen LogP contribution is -2.45. The summed E-state index contributed by atoms with van der Waals surface area (Å²) >= 11 is 0. The molecule has 0 amide bonds. The highest BCUT2D eigenvalue weighted by molar-refractivity contribution is 5.54. The Morgan fingerprint density at radius 2 is 1.91 bits per heavy atom. The quantitative estimate of drug-likeness (QED) is 0.881. The van der Waals surface area contributed by atoms with Gasteiger partial charge >= 0.3 is 6.18 Å². The SMILES string of the molecule is CCC(C)NC1CCN(c2cc(OC)cc(C(F)(F)F)c2)CC1. The molecule has 1 saturated heterocycles. The van der Waals surface area contributed by atoms with Gasteiger partial charge in [-0.25, -0.2) is 0 Å². The lowest BCUT2D eigenvalue weighted by molar-refractivity contribution is -0.137. The number of halogens is 3. The van der Waals surface area contributed by atoms with Crippen molar-refractivity contribution in [1.82, 2.24) is 5.32 Å². The van der Waals surface area contributed by atoms with E-state index in [1.807, 2.05) is 4.90 Å². The molecule has 0 bridgehead atoms. The van der Waals surface area contributed by atoms with Crippen molar-refractivity contribution in [3.63, 3.8) is 0 Å². The first kappa shape index (κ1) is 17.9. The first-order valence-electron chi connectivity index (χ1n) is 8.10. The maximum absolute atomic E-state index is 13.0. The third-order valence-electron chi connectivity index (χ3n) is 4.45. The Balaban J connectivity index is 2.08. The van der Waals surface area contributed by atoms with E-state index in [4.69, 9.17) is 4.74 Å². The number of rotatable bonds is 5. The molecule has 0 aliphatic carbocycles. The van der Waals surface area contributed by atoms with Gasteiger partial charge in [0, 0.05) is 36.9 Å². The number of hydrogen-bond donors (Lipinski definition) is 1. The minimum absolute atomic E-state index is 0.245. The second-order valence-corrected chi connectivity index (χ2v) is 6.15. The van der Waals surface area contributed by atoms with E-state index in [2.05, 4.69) is 19.2 Å². The Morgan fingerprint density at radius 1 is 1.26 bits per heavy atom. The summed E-state index contributed by atoms with van der Waals surface area (Å²) in [6.07, 6.45) is -1.42. The average Bonchev–Trinajstić information content (AvgIpc) is 2.54. The molecule has 2 rings (SSSR count). The molecular formula is C17H25F3N2O. The Hall–Kier alpha value is -1.43. The molecule has 130 valence electrons. The normalized spacial score (nSPS) is 18.1. The van der Waals surface area contributed by atoms with E-state index < -0.39 is 11.7 Å². The summed E-state index contributed by atoms with van der Waals surface area (Å²) < 4.78 is 44.1. The average molecular weight is 330 g/mol. The second-order valence-electron chi connectivity index (χ2n) is 6.15. The van der Waals surface area contributed by atoms with Crippen molar-refractivity contribution in [2.75, 3.05) is 25.1 Å². The standard InChI is InChI=1S/C17H25F3N2O/c1-4-12(2)21-14-5-7-22(8-6-14)15-9-13(17(18,19)20)10-16(11-15)23-3/h9-12,14,21H,4-8H2,1-3H3. The summed E-state index contributed by atoms with van der Waals surface area (Å²) in [5, 5.41) is 3.57. The third-order valence-corrected chi connectivity index (χ3v) is 4.45. The number of nitrogens with zero attached hydrogens (tertiary/aromatic N) is 1. The van der Waals surface area contributed by atoms with E-state index in [0.29, 0.717) is 17.8 Å². The number of alkyl halides is 3. The summed E-state index contributed by atoms with van der Waals surface area (Å²) in [6.45, 7) is 5.79. The van der Waals surface area contributed by atoms with Crippen LogP contribution in [0.25, 0.3) is 0 Å². The van der Waals surface area contributed by atoms with Gasteiger partial charge in [0.05, 0.1) is 12.7 Å². The smallest absolute Gasteiger partial charge is 0.416 e. The number of methoxy groups -OCH3 is 1. The van der Waals surface area contributed by atoms with Gasteiger partial charge in [0.2, 0.25) is 0 Å². The molecule has 3 nitrogen and oxygen atoms in total. The van der Waals surface area contributed by atoms with Crippen LogP contribution < -0.4 is 15.0 Å². The fourth-order valence-corrected chi connectivity index (χ4v) is 2.87. The number of benzene rings is 1. The Labute approximate surface area is 135 Å². The number of piperidine rings is 1. The Morgan fingerprint density at radius 3 is 2.43 bits per heavy atom. The van der Waals surface area contributed by atoms with E-state index >= 15 is 0 Å². The minimum Gasteiger partial charge on any atom is -0.497 e. The second kappa shape index (κ2) is 7.43. The van der Waals surface area contributed by atoms with Crippen LogP contribution in [0.5, 0.6) is 5.75 Å². The van der Waals surface area contributed by atoms with Crippen LogP contribution in [0.15, 0.2) is 18.2 Å². The van der Waals surface area contributed by atoms with Crippen molar-refractivity contribution in [3.05, 3.63) is 23.8 Å². The van der Waals surface area contributed by atoms with Crippen molar-refractivity contribution in [1.29, 1.82) is 0 Å². The van der Waals surface area contributed by atoms with Gasteiger partial charge in [-0.3, -0.25) is 0 Å². The molecule has 1 aliphatic heterocycles. The topological polar surface area (TPSA) is 24.5 Å². The van der Waals surface area contributed by atoms with Crippen LogP contribution in [0, 0.1) is 0 Å². The molecule has 1 aromatic carbocycles. The van der Waals surface area contributed by atoms with Gasteiger partial charge in [-0.15, -0.1) is 0 Å². The first-order valence-corrected chi connectivity index (χ1v) is 8.10. The molecule has 0 radical (unpaired) electrons. The molecule has 0 saturated carbocycles. The monoisotopic (exact) mass is 330 g/mol. The van der Waals surface area contributed by atoms with Crippen LogP contribution in [-0.2, 0) is 6.18 Å². The van der Waals surface area contributed by atoms with Crippen LogP contribution in [0.1, 0.15) is 38.7 Å². The molecule has 1 aromatic rings. The Bertz CT molecular complexity index is 511. The molecule has 1 heterocycles. The van der Waals surface area contributed by atoms with Crippen LogP contribution in [0.2, 0.25) is 0 Å². The minimum atomic E-state index is -4.36. The van der Waals surface area contributed by atoms with E-state index in [1.54, 1.807) is 6.07 Å². The van der Waals surface area contributed by atoms with Gasteiger partial charge in [0.15, 0.2) is 0 Å². The zero-order chi connectivity index (χ0) is 17.0. The number of hydrogen-bond acceptors (Lipinski definition) is 3. The van der Waals surface area contributed by atoms with E-state index in [0.717, 1.165) is 38.4 Å². The van der Waals surface area contributed by atoms with Gasteiger partial charge in [-0.2, -0.15) is 13.2 Å². The molecule has 23 heavy (non-hydrogen) atoms. The summed E-state index contributed by atoms with van der Waals surface area (Å²) in [6, 6.07) is 4.85. The van der Waals surface area contributed by atoms with Crippen LogP contribution >= 0.6 is 0 Å². The van der Waals surface area contributed by atoms with E-state index in [-0.39, 0.29) is 5.75 Å². The lowest BCUT2D eigenvalue weighted by Gasteiger charge is -2.35. The van der Waals surface area contributed by atoms with Crippen molar-refractivity contribution >= 4 is 5.69 Å². The molecule has 1 aliphatic rings. The predicted octanol–water partition coefficient (Wildman–Crippen LogP) is 4.07. The number of anilines is 1. The molecule has 0 spiro atoms. The van der Waals surface area contributed by atoms with Crippen LogP contribution in [-0.4, -0.2) is 32.3 Å². The zero-order valence-corrected chi connectivity index (χ0v) is 13.9. The fourth-order valence-electron chi connectivity index (χ4n) is 2.87. The number of nitrogens with one attached hydrogen (secondary N) is 1. The summed E-state index contributed by atoms with van der Waals surface area (Å²) in [5.74, 6) is 0.245. The summed E-state index contributed by atoms with van der Waals surface area (Å²) in [4.78, 5) is 2.01. The van der Waals surface area contributed by atoms with Crippen molar-refractivity contribution < 1.29 is 17.9 Å². The lowest BCUT2D eigenvalue weighted by atomic mass is 10.0. The van der Waals surface area contributed by atoms with Crippen molar-refractivity contribution in [3.8, 4) is 5.75 Å². The molecule has 1 N–H and O–H groups in total. The molecule has 0 aromatic heterocycles. The summed E-state index contributed by atoms with van der Waals surface area (Å²) in [7, 11) is 1.39. The molecular weight excluding hydrogens is 305 g/mol. The fraction of sp³-hybridized carbons (Fsp3) is 0.647. The maximum atomic E-state index is 13.0. The predicted molar refractivity (Wildman–Crippen MR) is 86.1 cm³/mol. The zero-order valence-electron chi connectivity index (χ0n) is 13.9. The highest BCUT2D eigenvalue weighted by Crippen LogP contribution is 2.35. The summed E-state index contributed by atoms with van der Waals surface area (Å²) in [5.41, 5.74) is -0.0784. The van der Waals surface area contributed by atoms with E-state index in [1.165, 1.54) is 13.2 Å².